The van der Waals surface area contributed by atoms with Gasteiger partial charge in [0.1, 0.15) is 5.82 Å². The molecule has 0 amide bonds. The summed E-state index contributed by atoms with van der Waals surface area (Å²) in [4.78, 5) is 4.44. The molecule has 0 saturated carbocycles. The van der Waals surface area contributed by atoms with Crippen LogP contribution in [-0.4, -0.2) is 33.0 Å². The van der Waals surface area contributed by atoms with Gasteiger partial charge in [-0.2, -0.15) is 14.9 Å². The van der Waals surface area contributed by atoms with Crippen LogP contribution in [0, 0.1) is 0 Å². The van der Waals surface area contributed by atoms with Crippen LogP contribution in [0.15, 0.2) is 17.3 Å². The molecule has 0 aromatic carbocycles. The van der Waals surface area contributed by atoms with Crippen molar-refractivity contribution in [3.8, 4) is 0 Å². The molecule has 0 fully saturated rings. The van der Waals surface area contributed by atoms with Crippen molar-refractivity contribution in [1.29, 1.82) is 0 Å². The third-order valence-electron chi connectivity index (χ3n) is 3.58. The van der Waals surface area contributed by atoms with E-state index in [2.05, 4.69) is 19.9 Å². The minimum absolute atomic E-state index is 0.148. The van der Waals surface area contributed by atoms with E-state index in [0.29, 0.717) is 5.82 Å². The van der Waals surface area contributed by atoms with Gasteiger partial charge in [-0.05, 0) is 18.9 Å². The lowest BCUT2D eigenvalue weighted by molar-refractivity contribution is 0.398. The van der Waals surface area contributed by atoms with Gasteiger partial charge >= 0.3 is 0 Å². The lowest BCUT2D eigenvalue weighted by Gasteiger charge is -2.22. The Morgan fingerprint density at radius 2 is 2.29 bits per heavy atom. The van der Waals surface area contributed by atoms with Gasteiger partial charge in [0, 0.05) is 20.0 Å². The number of hydrogen-bond donors (Lipinski definition) is 1. The Bertz CT molecular complexity index is 748. The Morgan fingerprint density at radius 1 is 1.48 bits per heavy atom. The van der Waals surface area contributed by atoms with Crippen LogP contribution in [0.5, 0.6) is 0 Å². The van der Waals surface area contributed by atoms with Crippen LogP contribution in [0.1, 0.15) is 37.5 Å². The molecule has 1 N–H and O–H groups in total. The topological polar surface area (TPSA) is 94.7 Å². The first kappa shape index (κ1) is 14.2. The van der Waals surface area contributed by atoms with Gasteiger partial charge in [-0.25, -0.2) is 18.1 Å². The largest absolute Gasteiger partial charge is 0.258 e. The Kier molecular flexibility index (Phi) is 3.54. The number of aromatic nitrogens is 5. The van der Waals surface area contributed by atoms with Crippen molar-refractivity contribution in [3.63, 3.8) is 0 Å². The van der Waals surface area contributed by atoms with Crippen molar-refractivity contribution in [3.05, 3.63) is 23.9 Å². The highest BCUT2D eigenvalue weighted by Gasteiger charge is 2.29. The highest BCUT2D eigenvalue weighted by Crippen LogP contribution is 2.25. The van der Waals surface area contributed by atoms with Gasteiger partial charge in [-0.15, -0.1) is 0 Å². The van der Waals surface area contributed by atoms with Crippen molar-refractivity contribution in [2.45, 2.75) is 43.8 Å². The molecule has 0 spiro atoms. The Morgan fingerprint density at radius 3 is 2.95 bits per heavy atom. The summed E-state index contributed by atoms with van der Waals surface area (Å²) in [6.45, 7) is 2.77. The van der Waals surface area contributed by atoms with Gasteiger partial charge in [-0.3, -0.25) is 4.68 Å². The van der Waals surface area contributed by atoms with Crippen molar-refractivity contribution in [2.24, 2.45) is 7.05 Å². The van der Waals surface area contributed by atoms with E-state index in [1.54, 1.807) is 11.7 Å². The minimum atomic E-state index is -3.62. The number of rotatable bonds is 4. The third kappa shape index (κ3) is 2.58. The molecule has 2 aromatic rings. The second kappa shape index (κ2) is 5.23. The first-order valence-corrected chi connectivity index (χ1v) is 8.43. The first-order chi connectivity index (χ1) is 10.0. The second-order valence-corrected chi connectivity index (χ2v) is 6.73. The predicted octanol–water partition coefficient (Wildman–Crippen LogP) is 0.387. The molecule has 0 aliphatic carbocycles. The van der Waals surface area contributed by atoms with E-state index in [0.717, 1.165) is 31.6 Å². The van der Waals surface area contributed by atoms with Crippen molar-refractivity contribution in [2.75, 3.05) is 0 Å². The van der Waals surface area contributed by atoms with Gasteiger partial charge in [0.15, 0.2) is 10.9 Å². The van der Waals surface area contributed by atoms with Crippen molar-refractivity contribution < 1.29 is 8.42 Å². The van der Waals surface area contributed by atoms with E-state index in [1.807, 2.05) is 6.92 Å². The summed E-state index contributed by atoms with van der Waals surface area (Å²) in [5, 5.41) is 8.43. The van der Waals surface area contributed by atoms with Crippen LogP contribution in [0.2, 0.25) is 0 Å². The van der Waals surface area contributed by atoms with Crippen LogP contribution < -0.4 is 4.72 Å². The van der Waals surface area contributed by atoms with Crippen molar-refractivity contribution >= 4 is 10.0 Å². The number of aryl methyl sites for hydroxylation is 3. The monoisotopic (exact) mass is 310 g/mol. The molecule has 2 aromatic heterocycles. The molecule has 3 heterocycles. The summed E-state index contributed by atoms with van der Waals surface area (Å²) in [6, 6.07) is 1.14. The standard InChI is InChI=1S/C12H18N6O2S/c1-3-10-14-12-9(5-4-8-18(12)15-10)16-21(19,20)11-6-7-13-17(11)2/h6-7,9,16H,3-5,8H2,1-2H3/t9-/m0/s1. The molecule has 21 heavy (non-hydrogen) atoms. The molecule has 1 aliphatic heterocycles. The molecule has 114 valence electrons. The summed E-state index contributed by atoms with van der Waals surface area (Å²) >= 11 is 0. The highest BCUT2D eigenvalue weighted by atomic mass is 32.2. The van der Waals surface area contributed by atoms with E-state index in [4.69, 9.17) is 0 Å². The fourth-order valence-corrected chi connectivity index (χ4v) is 3.89. The van der Waals surface area contributed by atoms with Crippen LogP contribution in [0.4, 0.5) is 0 Å². The molecule has 8 nitrogen and oxygen atoms in total. The molecule has 0 radical (unpaired) electrons. The molecule has 1 atom stereocenters. The molecule has 0 unspecified atom stereocenters. The van der Waals surface area contributed by atoms with E-state index < -0.39 is 10.0 Å². The zero-order valence-corrected chi connectivity index (χ0v) is 12.8. The summed E-state index contributed by atoms with van der Waals surface area (Å²) in [5.74, 6) is 1.44. The van der Waals surface area contributed by atoms with Gasteiger partial charge in [-0.1, -0.05) is 6.92 Å². The minimum Gasteiger partial charge on any atom is -0.256 e. The zero-order valence-electron chi connectivity index (χ0n) is 12.0. The van der Waals surface area contributed by atoms with E-state index >= 15 is 0 Å². The maximum atomic E-state index is 12.4. The van der Waals surface area contributed by atoms with Gasteiger partial charge in [0.2, 0.25) is 0 Å². The summed E-state index contributed by atoms with van der Waals surface area (Å²) in [7, 11) is -2.01. The van der Waals surface area contributed by atoms with Crippen LogP contribution >= 0.6 is 0 Å². The molecule has 3 rings (SSSR count). The molecular formula is C12H18N6O2S. The van der Waals surface area contributed by atoms with Crippen LogP contribution in [0.3, 0.4) is 0 Å². The van der Waals surface area contributed by atoms with Gasteiger partial charge < -0.3 is 0 Å². The summed E-state index contributed by atoms with van der Waals surface area (Å²) in [5.41, 5.74) is 0. The molecule has 1 aliphatic rings. The SMILES string of the molecule is CCc1nc2n(n1)CCC[C@@H]2NS(=O)(=O)c1ccnn1C. The smallest absolute Gasteiger partial charge is 0.256 e. The number of nitrogens with one attached hydrogen (secondary N) is 1. The third-order valence-corrected chi connectivity index (χ3v) is 5.13. The van der Waals surface area contributed by atoms with Crippen LogP contribution in [-0.2, 0) is 30.0 Å². The normalized spacial score (nSPS) is 18.7. The fraction of sp³-hybridized carbons (Fsp3) is 0.583. The molecule has 9 heteroatoms. The van der Waals surface area contributed by atoms with E-state index in [9.17, 15) is 8.42 Å². The van der Waals surface area contributed by atoms with Crippen molar-refractivity contribution in [1.82, 2.24) is 29.3 Å². The summed E-state index contributed by atoms with van der Waals surface area (Å²) < 4.78 is 30.7. The lowest BCUT2D eigenvalue weighted by Crippen LogP contribution is -2.34. The number of fused-ring (bicyclic) bond motifs is 1. The average Bonchev–Trinajstić information content (AvgIpc) is 3.04. The Balaban J connectivity index is 1.90. The maximum Gasteiger partial charge on any atom is 0.258 e. The van der Waals surface area contributed by atoms with E-state index in [1.165, 1.54) is 16.9 Å². The molecule has 0 saturated heterocycles. The molecular weight excluding hydrogens is 292 g/mol. The number of nitrogens with zero attached hydrogens (tertiary/aromatic N) is 5. The average molecular weight is 310 g/mol. The Hall–Kier alpha value is -1.74. The molecule has 0 bridgehead atoms. The van der Waals surface area contributed by atoms with E-state index in [-0.39, 0.29) is 11.1 Å². The first-order valence-electron chi connectivity index (χ1n) is 6.95. The maximum absolute atomic E-state index is 12.4. The van der Waals surface area contributed by atoms with Crippen LogP contribution in [0.25, 0.3) is 0 Å². The predicted molar refractivity (Wildman–Crippen MR) is 74.9 cm³/mol. The summed E-state index contributed by atoms with van der Waals surface area (Å²) in [6.07, 6.45) is 3.80. The highest BCUT2D eigenvalue weighted by molar-refractivity contribution is 7.89. The zero-order chi connectivity index (χ0) is 15.0. The van der Waals surface area contributed by atoms with Gasteiger partial charge in [0.05, 0.1) is 12.2 Å². The number of sulfonamides is 1. The lowest BCUT2D eigenvalue weighted by atomic mass is 10.1. The fourth-order valence-electron chi connectivity index (χ4n) is 2.53. The Labute approximate surface area is 123 Å². The quantitative estimate of drug-likeness (QED) is 0.881. The second-order valence-electron chi connectivity index (χ2n) is 5.07. The van der Waals surface area contributed by atoms with Gasteiger partial charge in [0.25, 0.3) is 10.0 Å². The number of hydrogen-bond acceptors (Lipinski definition) is 5.